The number of benzene rings is 4. The number of ether oxygens (including phenoxy) is 4. The number of carbonyl (C=O) groups excluding carboxylic acids is 8. The number of carbonyl (C=O) groups is 8. The molecule has 15 nitrogen and oxygen atoms in total. The molecule has 0 bridgehead atoms. The van der Waals surface area contributed by atoms with Gasteiger partial charge in [-0.3, -0.25) is 33.6 Å². The molecule has 407 valence electrons. The van der Waals surface area contributed by atoms with Crippen molar-refractivity contribution in [2.75, 3.05) is 35.0 Å². The number of fused-ring (bicyclic) bond motifs is 1. The molecule has 3 aliphatic carbocycles. The summed E-state index contributed by atoms with van der Waals surface area (Å²) in [4.78, 5) is 96.2. The van der Waals surface area contributed by atoms with Crippen LogP contribution in [0.15, 0.2) is 122 Å². The summed E-state index contributed by atoms with van der Waals surface area (Å²) in [6, 6.07) is 31.6. The zero-order valence-corrected chi connectivity index (χ0v) is 49.4. The molecule has 1 unspecified atom stereocenters. The second-order valence-electron chi connectivity index (χ2n) is 19.0. The minimum absolute atomic E-state index is 0. The van der Waals surface area contributed by atoms with E-state index in [2.05, 4.69) is 44.3 Å². The van der Waals surface area contributed by atoms with E-state index >= 15 is 0 Å². The van der Waals surface area contributed by atoms with Gasteiger partial charge in [0, 0.05) is 94.1 Å². The van der Waals surface area contributed by atoms with Crippen LogP contribution in [0.25, 0.3) is 5.53 Å². The summed E-state index contributed by atoms with van der Waals surface area (Å²) in [5, 5.41) is 9.54. The third-order valence-corrected chi connectivity index (χ3v) is 13.9. The maximum absolute atomic E-state index is 12.1. The molecule has 0 heterocycles. The normalized spacial score (nSPS) is 19.9. The monoisotopic (exact) mass is 1270 g/mol. The quantitative estimate of drug-likeness (QED) is 0.0198. The van der Waals surface area contributed by atoms with Crippen LogP contribution in [-0.4, -0.2) is 97.7 Å². The van der Waals surface area contributed by atoms with E-state index in [4.69, 9.17) is 10.3 Å². The maximum atomic E-state index is 12.1. The van der Waals surface area contributed by atoms with E-state index in [9.17, 15) is 43.5 Å². The molecule has 4 aromatic carbocycles. The van der Waals surface area contributed by atoms with E-state index in [1.807, 2.05) is 113 Å². The van der Waals surface area contributed by atoms with Crippen LogP contribution in [0.5, 0.6) is 0 Å². The van der Waals surface area contributed by atoms with Crippen LogP contribution in [0.3, 0.4) is 0 Å². The van der Waals surface area contributed by atoms with Gasteiger partial charge in [-0.25, -0.2) is 4.79 Å². The minimum Gasteiger partial charge on any atom is -0.469 e. The van der Waals surface area contributed by atoms with Crippen LogP contribution in [-0.2, 0) is 57.3 Å². The van der Waals surface area contributed by atoms with Crippen LogP contribution in [0.2, 0.25) is 0 Å². The zero-order valence-electron chi connectivity index (χ0n) is 44.6. The van der Waals surface area contributed by atoms with Crippen LogP contribution in [0, 0.1) is 94.9 Å². The van der Waals surface area contributed by atoms with Gasteiger partial charge < -0.3 is 29.6 Å². The van der Waals surface area contributed by atoms with Crippen LogP contribution >= 0.6 is 0 Å². The molecule has 0 spiro atoms. The Morgan fingerprint density at radius 3 is 1.61 bits per heavy atom. The van der Waals surface area contributed by atoms with Gasteiger partial charge in [0.05, 0.1) is 28.4 Å². The largest absolute Gasteiger partial charge is 0.469 e. The molecule has 4 aromatic rings. The average molecular weight is 1270 g/mol. The summed E-state index contributed by atoms with van der Waals surface area (Å²) in [5.74, 6) is -4.43. The van der Waals surface area contributed by atoms with Crippen molar-refractivity contribution in [3.63, 3.8) is 0 Å². The van der Waals surface area contributed by atoms with E-state index in [1.54, 1.807) is 12.2 Å². The average Bonchev–Trinajstić information content (AvgIpc) is 3.99. The molecule has 3 aliphatic rings. The van der Waals surface area contributed by atoms with E-state index in [1.165, 1.54) is 32.5 Å². The predicted octanol–water partition coefficient (Wildman–Crippen LogP) is 9.17. The Morgan fingerprint density at radius 2 is 1.19 bits per heavy atom. The Bertz CT molecular complexity index is 2830. The second-order valence-corrected chi connectivity index (χ2v) is 19.0. The molecule has 0 saturated heterocycles. The van der Waals surface area contributed by atoms with Gasteiger partial charge in [-0.05, 0) is 74.1 Å². The van der Waals surface area contributed by atoms with Gasteiger partial charge in [-0.15, -0.1) is 13.2 Å². The molecule has 1 radical (unpaired) electrons. The van der Waals surface area contributed by atoms with Gasteiger partial charge >= 0.3 is 29.6 Å². The van der Waals surface area contributed by atoms with Crippen molar-refractivity contribution in [3.05, 3.63) is 172 Å². The molecule has 8 atom stereocenters. The molecule has 7 rings (SSSR count). The fraction of sp³-hybridized carbons (Fsp3) is 0.393. The Labute approximate surface area is 488 Å². The number of aliphatic hydroxyl groups excluding tert-OH is 1. The van der Waals surface area contributed by atoms with Crippen LogP contribution in [0.4, 0.5) is 0 Å². The number of hydrogen-bond donors (Lipinski definition) is 1. The van der Waals surface area contributed by atoms with E-state index in [0.29, 0.717) is 12.8 Å². The van der Waals surface area contributed by atoms with Gasteiger partial charge in [0.25, 0.3) is 5.78 Å². The topological polar surface area (TPSA) is 230 Å². The third kappa shape index (κ3) is 17.6. The molecular formula is C61H72AcN2O13. The van der Waals surface area contributed by atoms with Crippen molar-refractivity contribution in [2.45, 2.75) is 97.3 Å². The summed E-state index contributed by atoms with van der Waals surface area (Å²) in [5.41, 5.74) is 16.0. The Hall–Kier alpha value is -6.30. The fourth-order valence-electron chi connectivity index (χ4n) is 9.93. The molecule has 0 aliphatic heterocycles. The van der Waals surface area contributed by atoms with Gasteiger partial charge in [-0.2, -0.15) is 4.79 Å². The number of ketones is 4. The standard InChI is InChI=1S/C15H16N2O3.C15H18O4.C15H16O3.C15H18O3.CH4.Ac/c1-4-11(12-7-5-6-10(2)8-12)9-13(18)14(17-16)15(19)20-3;1-9-4-3-5-10(6-9)11-7-13(17)14(12(11)8-16)15(18)19-2;1-9-4-3-5-10(6-9)11-7-13(16)15(8-12(11)15)14(17)18-2;1-4-12(9-14(16)10-15(17)18-3)13-7-5-6-11(2)8-13;;/h4-8,11H,1,9H2,2-3H3;3-6,11-12,14,16H,7-8H2,1-2H3;3-6,11-12H,7-8H2,1-2H3;4-8,12H,1,9-10H2,2-3H3;1H4;/t11-;11-,12-,14?;11-,12-,15+;12-;;/m1111../s1. The summed E-state index contributed by atoms with van der Waals surface area (Å²) < 4.78 is 18.3. The molecule has 16 heteroatoms. The number of nitrogens with zero attached hydrogens (tertiary/aromatic N) is 2. The van der Waals surface area contributed by atoms with E-state index in [0.717, 1.165) is 40.5 Å². The number of Topliss-reactive ketones (excluding diaryl/α,β-unsaturated/α-hetero) is 4. The predicted molar refractivity (Wildman–Crippen MR) is 287 cm³/mol. The molecule has 0 amide bonds. The smallest absolute Gasteiger partial charge is 0.441 e. The molecule has 3 fully saturated rings. The maximum Gasteiger partial charge on any atom is 0.441 e. The first kappa shape index (κ1) is 66.8. The Morgan fingerprint density at radius 1 is 0.701 bits per heavy atom. The second kappa shape index (κ2) is 31.8. The van der Waals surface area contributed by atoms with Crippen molar-refractivity contribution in [2.24, 2.45) is 23.2 Å². The molecule has 3 saturated carbocycles. The first-order valence-corrected chi connectivity index (χ1v) is 24.5. The Balaban J connectivity index is 0.000000348. The summed E-state index contributed by atoms with van der Waals surface area (Å²) in [6.45, 7) is 15.2. The number of esters is 4. The fourth-order valence-corrected chi connectivity index (χ4v) is 9.93. The van der Waals surface area contributed by atoms with Crippen LogP contribution in [0.1, 0.15) is 114 Å². The number of rotatable bonds is 17. The SMILES string of the molecule is C.C=C[C@H](CC(=O)C(=[N+]=[N-])C(=O)OC)c1cccc(C)c1.C=C[C@H](CC(=O)CC(=O)OC)c1cccc(C)c1.COC(=O)C1C(=O)C[C@H](c2cccc(C)c2)[C@H]1CO.COC(=O)[C@@]12C[C@@H]1[C@@H](c1cccc(C)c1)CC2=O.[Ac]. The van der Waals surface area contributed by atoms with Gasteiger partial charge in [0.2, 0.25) is 0 Å². The number of hydrogen-bond acceptors (Lipinski definition) is 13. The molecule has 77 heavy (non-hydrogen) atoms. The van der Waals surface area contributed by atoms with Crippen molar-refractivity contribution in [3.8, 4) is 0 Å². The first-order valence-electron chi connectivity index (χ1n) is 24.5. The Kier molecular flexibility index (Phi) is 27.6. The molecule has 0 aromatic heterocycles. The molecule has 1 N–H and O–H groups in total. The van der Waals surface area contributed by atoms with Crippen molar-refractivity contribution in [1.82, 2.24) is 0 Å². The minimum atomic E-state index is -0.954. The number of methoxy groups -OCH3 is 4. The summed E-state index contributed by atoms with van der Waals surface area (Å²) >= 11 is 0. The van der Waals surface area contributed by atoms with E-state index in [-0.39, 0.29) is 143 Å². The summed E-state index contributed by atoms with van der Waals surface area (Å²) in [6.07, 6.45) is 4.88. The third-order valence-electron chi connectivity index (χ3n) is 13.9. The van der Waals surface area contributed by atoms with Crippen LogP contribution < -0.4 is 0 Å². The number of aliphatic hydroxyl groups is 1. The molecular weight excluding hydrogens is 1200 g/mol. The van der Waals surface area contributed by atoms with Gasteiger partial charge in [-0.1, -0.05) is 139 Å². The zero-order chi connectivity index (χ0) is 55.6. The van der Waals surface area contributed by atoms with Gasteiger partial charge in [0.1, 0.15) is 29.3 Å². The summed E-state index contributed by atoms with van der Waals surface area (Å²) in [7, 11) is 5.03. The van der Waals surface area contributed by atoms with Crippen molar-refractivity contribution in [1.29, 1.82) is 0 Å². The number of allylic oxidation sites excluding steroid dienone is 2. The van der Waals surface area contributed by atoms with E-state index < -0.39 is 40.7 Å². The first-order chi connectivity index (χ1) is 35.8. The van der Waals surface area contributed by atoms with Gasteiger partial charge in [0.15, 0.2) is 5.78 Å². The van der Waals surface area contributed by atoms with Crippen molar-refractivity contribution >= 4 is 52.7 Å². The van der Waals surface area contributed by atoms with Crippen molar-refractivity contribution < 1.29 is 111 Å². The number of aryl methyl sites for hydroxylation is 4.